The normalized spacial score (nSPS) is 17.9. The third kappa shape index (κ3) is 8.02. The highest BCUT2D eigenvalue weighted by molar-refractivity contribution is 7.95. The van der Waals surface area contributed by atoms with E-state index in [1.165, 1.54) is 37.5 Å². The van der Waals surface area contributed by atoms with Crippen LogP contribution in [0.25, 0.3) is 6.08 Å². The van der Waals surface area contributed by atoms with Crippen molar-refractivity contribution in [3.8, 4) is 11.5 Å². The van der Waals surface area contributed by atoms with Crippen LogP contribution in [0.1, 0.15) is 50.3 Å². The predicted octanol–water partition coefficient (Wildman–Crippen LogP) is 2.39. The summed E-state index contributed by atoms with van der Waals surface area (Å²) in [4.78, 5) is 38.7. The van der Waals surface area contributed by atoms with E-state index < -0.39 is 42.1 Å². The van der Waals surface area contributed by atoms with Gasteiger partial charge in [0.1, 0.15) is 8.42 Å². The Morgan fingerprint density at radius 2 is 1.98 bits per heavy atom. The zero-order valence-electron chi connectivity index (χ0n) is 22.3. The Morgan fingerprint density at radius 3 is 2.63 bits per heavy atom. The monoisotopic (exact) mass is 631 g/mol. The summed E-state index contributed by atoms with van der Waals surface area (Å²) in [5.41, 5.74) is 0.782. The molecule has 0 saturated heterocycles. The Bertz CT molecular complexity index is 1550. The summed E-state index contributed by atoms with van der Waals surface area (Å²) < 4.78 is 63.5. The average molecular weight is 632 g/mol. The molecule has 1 aromatic heterocycles. The molecule has 1 amide bonds. The number of nitrogens with one attached hydrogen (secondary N) is 2. The molecule has 1 unspecified atom stereocenters. The first-order valence-electron chi connectivity index (χ1n) is 12.3. The highest BCUT2D eigenvalue weighted by Gasteiger charge is 2.39. The molecular formula is C24H29N3O11S3. The van der Waals surface area contributed by atoms with E-state index in [0.717, 1.165) is 6.08 Å². The molecule has 14 nitrogen and oxygen atoms in total. The summed E-state index contributed by atoms with van der Waals surface area (Å²) in [7, 11) is -6.74. The number of rotatable bonds is 13. The fourth-order valence-corrected chi connectivity index (χ4v) is 8.90. The van der Waals surface area contributed by atoms with E-state index in [9.17, 15) is 36.5 Å². The van der Waals surface area contributed by atoms with Gasteiger partial charge in [0, 0.05) is 24.1 Å². The molecule has 17 heteroatoms. The number of sulfone groups is 1. The van der Waals surface area contributed by atoms with Gasteiger partial charge in [0.05, 0.1) is 19.0 Å². The Hall–Kier alpha value is -3.54. The van der Waals surface area contributed by atoms with Crippen LogP contribution in [0.4, 0.5) is 0 Å². The predicted molar refractivity (Wildman–Crippen MR) is 147 cm³/mol. The van der Waals surface area contributed by atoms with Crippen LogP contribution in [0.2, 0.25) is 0 Å². The third-order valence-corrected chi connectivity index (χ3v) is 11.7. The number of sulfonamides is 1. The summed E-state index contributed by atoms with van der Waals surface area (Å²) in [5, 5.41) is 11.7. The van der Waals surface area contributed by atoms with E-state index in [0.29, 0.717) is 35.4 Å². The van der Waals surface area contributed by atoms with Crippen molar-refractivity contribution in [2.24, 2.45) is 0 Å². The van der Waals surface area contributed by atoms with Crippen LogP contribution in [-0.2, 0) is 34.3 Å². The molecule has 1 aliphatic rings. The highest BCUT2D eigenvalue weighted by Crippen LogP contribution is 2.42. The number of methoxy groups -OCH3 is 1. The number of ether oxygens (including phenoxy) is 2. The number of fused-ring (bicyclic) bond motifs is 1. The SMILES string of the molecule is CCN[C@H]1CC(C)S(=O)(=O)c2sc(S(=O)(=O)NC(=O)/C=C/c3ccc(OC(=O)CCCO[N+](=O)[O-])c(OC)c3)cc21. The third-order valence-electron chi connectivity index (χ3n) is 5.94. The van der Waals surface area contributed by atoms with Gasteiger partial charge in [0.15, 0.2) is 21.3 Å². The lowest BCUT2D eigenvalue weighted by atomic mass is 10.1. The largest absolute Gasteiger partial charge is 0.493 e. The first kappa shape index (κ1) is 32.0. The van der Waals surface area contributed by atoms with Gasteiger partial charge in [-0.05, 0) is 56.1 Å². The standard InChI is InChI=1S/C24H29N3O11S3/c1-4-25-18-12-15(2)40(32,33)24-17(18)14-23(39-24)41(34,35)26-21(28)10-8-16-7-9-19(20(13-16)36-3)38-22(29)6-5-11-37-27(30)31/h7-10,13-15,18,25H,4-6,11-12H2,1-3H3,(H,26,28)/b10-8+/t15?,18-/m0/s1. The fraction of sp³-hybridized carbons (Fsp3) is 0.417. The second-order valence-electron chi connectivity index (χ2n) is 8.86. The minimum absolute atomic E-state index is 0.0247. The van der Waals surface area contributed by atoms with Crippen LogP contribution < -0.4 is 19.5 Å². The van der Waals surface area contributed by atoms with Crippen molar-refractivity contribution in [1.29, 1.82) is 0 Å². The average Bonchev–Trinajstić information content (AvgIpc) is 3.37. The second kappa shape index (κ2) is 13.4. The van der Waals surface area contributed by atoms with E-state index in [-0.39, 0.29) is 45.4 Å². The quantitative estimate of drug-likeness (QED) is 0.0819. The van der Waals surface area contributed by atoms with Crippen molar-refractivity contribution in [1.82, 2.24) is 10.0 Å². The van der Waals surface area contributed by atoms with Crippen molar-refractivity contribution >= 4 is 49.1 Å². The Labute approximate surface area is 240 Å². The Balaban J connectivity index is 1.69. The van der Waals surface area contributed by atoms with Gasteiger partial charge in [-0.15, -0.1) is 21.5 Å². The number of carbonyl (C=O) groups excluding carboxylic acids is 2. The molecule has 1 aromatic carbocycles. The topological polar surface area (TPSA) is 197 Å². The molecule has 3 rings (SSSR count). The van der Waals surface area contributed by atoms with E-state index in [1.807, 2.05) is 11.6 Å². The van der Waals surface area contributed by atoms with Gasteiger partial charge in [-0.1, -0.05) is 13.0 Å². The maximum Gasteiger partial charge on any atom is 0.311 e. The molecular weight excluding hydrogens is 602 g/mol. The minimum atomic E-state index is -4.36. The van der Waals surface area contributed by atoms with E-state index >= 15 is 0 Å². The number of benzene rings is 1. The van der Waals surface area contributed by atoms with Crippen LogP contribution in [0, 0.1) is 10.1 Å². The van der Waals surface area contributed by atoms with E-state index in [4.69, 9.17) is 9.47 Å². The number of hydrogen-bond acceptors (Lipinski definition) is 13. The van der Waals surface area contributed by atoms with Crippen molar-refractivity contribution < 1.29 is 45.8 Å². The van der Waals surface area contributed by atoms with Crippen LogP contribution >= 0.6 is 11.3 Å². The molecule has 2 aromatic rings. The van der Waals surface area contributed by atoms with Crippen molar-refractivity contribution in [2.45, 2.75) is 52.8 Å². The van der Waals surface area contributed by atoms with Crippen LogP contribution in [0.15, 0.2) is 38.8 Å². The summed E-state index contributed by atoms with van der Waals surface area (Å²) in [6.07, 6.45) is 2.51. The molecule has 0 spiro atoms. The molecule has 2 N–H and O–H groups in total. The van der Waals surface area contributed by atoms with Crippen LogP contribution in [0.3, 0.4) is 0 Å². The maximum absolute atomic E-state index is 12.9. The van der Waals surface area contributed by atoms with Crippen molar-refractivity contribution in [2.75, 3.05) is 20.3 Å². The first-order chi connectivity index (χ1) is 19.3. The summed E-state index contributed by atoms with van der Waals surface area (Å²) in [5.74, 6) is -1.43. The van der Waals surface area contributed by atoms with Crippen LogP contribution in [0.5, 0.6) is 11.5 Å². The van der Waals surface area contributed by atoms with E-state index in [2.05, 4.69) is 10.2 Å². The zero-order chi connectivity index (χ0) is 30.4. The summed E-state index contributed by atoms with van der Waals surface area (Å²) >= 11 is 0.608. The molecule has 41 heavy (non-hydrogen) atoms. The Morgan fingerprint density at radius 1 is 1.24 bits per heavy atom. The molecule has 224 valence electrons. The van der Waals surface area contributed by atoms with Crippen LogP contribution in [-0.4, -0.2) is 59.3 Å². The fourth-order valence-electron chi connectivity index (χ4n) is 3.96. The number of carbonyl (C=O) groups is 2. The van der Waals surface area contributed by atoms with E-state index in [1.54, 1.807) is 6.92 Å². The van der Waals surface area contributed by atoms with Gasteiger partial charge in [0.25, 0.3) is 21.0 Å². The zero-order valence-corrected chi connectivity index (χ0v) is 24.8. The lowest BCUT2D eigenvalue weighted by molar-refractivity contribution is -0.757. The first-order valence-corrected chi connectivity index (χ1v) is 16.1. The number of esters is 1. The van der Waals surface area contributed by atoms with Gasteiger partial charge in [-0.25, -0.2) is 21.6 Å². The van der Waals surface area contributed by atoms with Gasteiger partial charge < -0.3 is 19.6 Å². The minimum Gasteiger partial charge on any atom is -0.493 e. The molecule has 0 aliphatic carbocycles. The maximum atomic E-state index is 12.9. The lowest BCUT2D eigenvalue weighted by Crippen LogP contribution is -2.33. The molecule has 0 radical (unpaired) electrons. The van der Waals surface area contributed by atoms with Gasteiger partial charge in [-0.3, -0.25) is 9.59 Å². The second-order valence-corrected chi connectivity index (χ2v) is 14.4. The molecule has 0 bridgehead atoms. The van der Waals surface area contributed by atoms with Crippen molar-refractivity contribution in [3.05, 3.63) is 51.6 Å². The molecule has 0 fully saturated rings. The lowest BCUT2D eigenvalue weighted by Gasteiger charge is -2.27. The highest BCUT2D eigenvalue weighted by atomic mass is 32.3. The number of amides is 1. The number of hydrogen-bond donors (Lipinski definition) is 2. The van der Waals surface area contributed by atoms with Gasteiger partial charge >= 0.3 is 5.97 Å². The summed E-state index contributed by atoms with van der Waals surface area (Å²) in [6.45, 7) is 3.74. The molecule has 2 atom stereocenters. The number of nitrogens with zero attached hydrogens (tertiary/aromatic N) is 1. The number of thiophene rings is 1. The summed E-state index contributed by atoms with van der Waals surface area (Å²) in [6, 6.07) is 5.29. The molecule has 0 saturated carbocycles. The molecule has 2 heterocycles. The van der Waals surface area contributed by atoms with Crippen molar-refractivity contribution in [3.63, 3.8) is 0 Å². The van der Waals surface area contributed by atoms with Gasteiger partial charge in [-0.2, -0.15) is 0 Å². The van der Waals surface area contributed by atoms with Gasteiger partial charge in [0.2, 0.25) is 0 Å². The molecule has 1 aliphatic heterocycles. The smallest absolute Gasteiger partial charge is 0.311 e. The Kier molecular flexibility index (Phi) is 10.5.